The normalized spacial score (nSPS) is 36.7. The Hall–Kier alpha value is -0.970. The van der Waals surface area contributed by atoms with Gasteiger partial charge in [-0.15, -0.1) is 0 Å². The van der Waals surface area contributed by atoms with E-state index < -0.39 is 5.60 Å². The standard InChI is InChI=1S/C16H17ClO/c1-14(2,18)11-6-12-13(17)16-8-4-3-7-15(12,16)9-5-10-16/h3-4,7-8,18H,5,9-10H2,1-2H3. The van der Waals surface area contributed by atoms with E-state index in [0.29, 0.717) is 0 Å². The number of hydrogen-bond acceptors (Lipinski definition) is 1. The van der Waals surface area contributed by atoms with E-state index in [1.807, 2.05) is 0 Å². The molecule has 3 aliphatic carbocycles. The van der Waals surface area contributed by atoms with Gasteiger partial charge in [0.25, 0.3) is 0 Å². The van der Waals surface area contributed by atoms with Crippen LogP contribution in [0, 0.1) is 22.7 Å². The molecule has 0 saturated heterocycles. The first-order valence-corrected chi connectivity index (χ1v) is 6.83. The van der Waals surface area contributed by atoms with Crippen LogP contribution in [0.5, 0.6) is 0 Å². The second-order valence-electron chi connectivity index (χ2n) is 6.01. The van der Waals surface area contributed by atoms with Crippen LogP contribution in [0.15, 0.2) is 34.9 Å². The first-order valence-electron chi connectivity index (χ1n) is 6.45. The highest BCUT2D eigenvalue weighted by Gasteiger charge is 2.64. The van der Waals surface area contributed by atoms with E-state index in [1.165, 1.54) is 6.42 Å². The van der Waals surface area contributed by atoms with Crippen LogP contribution in [0.25, 0.3) is 0 Å². The second kappa shape index (κ2) is 3.53. The summed E-state index contributed by atoms with van der Waals surface area (Å²) in [6.07, 6.45) is 12.1. The van der Waals surface area contributed by atoms with Crippen LogP contribution in [0.2, 0.25) is 0 Å². The predicted molar refractivity (Wildman–Crippen MR) is 73.9 cm³/mol. The molecule has 18 heavy (non-hydrogen) atoms. The Morgan fingerprint density at radius 3 is 2.50 bits per heavy atom. The van der Waals surface area contributed by atoms with Gasteiger partial charge in [-0.3, -0.25) is 0 Å². The summed E-state index contributed by atoms with van der Waals surface area (Å²) >= 11 is 6.51. The summed E-state index contributed by atoms with van der Waals surface area (Å²) in [5.41, 5.74) is 0.0694. The molecule has 1 fully saturated rings. The van der Waals surface area contributed by atoms with Crippen molar-refractivity contribution in [1.82, 2.24) is 0 Å². The lowest BCUT2D eigenvalue weighted by molar-refractivity contribution is 0.143. The Balaban J connectivity index is 2.09. The Bertz CT molecular complexity index is 550. The molecule has 2 unspecified atom stereocenters. The third-order valence-electron chi connectivity index (χ3n) is 4.36. The minimum absolute atomic E-state index is 0.00686. The van der Waals surface area contributed by atoms with Gasteiger partial charge in [0.2, 0.25) is 0 Å². The molecular weight excluding hydrogens is 244 g/mol. The maximum Gasteiger partial charge on any atom is 0.120 e. The van der Waals surface area contributed by atoms with Crippen LogP contribution in [-0.4, -0.2) is 10.7 Å². The minimum atomic E-state index is -0.966. The Labute approximate surface area is 113 Å². The van der Waals surface area contributed by atoms with Crippen molar-refractivity contribution in [2.24, 2.45) is 10.8 Å². The van der Waals surface area contributed by atoms with E-state index in [4.69, 9.17) is 11.6 Å². The van der Waals surface area contributed by atoms with Gasteiger partial charge in [-0.1, -0.05) is 54.2 Å². The van der Waals surface area contributed by atoms with E-state index in [9.17, 15) is 5.11 Å². The van der Waals surface area contributed by atoms with Gasteiger partial charge in [0.15, 0.2) is 0 Å². The van der Waals surface area contributed by atoms with Gasteiger partial charge >= 0.3 is 0 Å². The third-order valence-corrected chi connectivity index (χ3v) is 4.89. The van der Waals surface area contributed by atoms with Crippen molar-refractivity contribution >= 4 is 11.6 Å². The van der Waals surface area contributed by atoms with Crippen LogP contribution in [0.4, 0.5) is 0 Å². The summed E-state index contributed by atoms with van der Waals surface area (Å²) in [5, 5.41) is 10.6. The van der Waals surface area contributed by atoms with E-state index in [1.54, 1.807) is 13.8 Å². The molecule has 3 aliphatic rings. The molecule has 2 atom stereocenters. The van der Waals surface area contributed by atoms with Crippen molar-refractivity contribution in [2.75, 3.05) is 0 Å². The lowest BCUT2D eigenvalue weighted by Crippen LogP contribution is -2.47. The monoisotopic (exact) mass is 260 g/mol. The maximum absolute atomic E-state index is 9.73. The number of hydrogen-bond donors (Lipinski definition) is 1. The van der Waals surface area contributed by atoms with E-state index in [0.717, 1.165) is 23.4 Å². The fraction of sp³-hybridized carbons (Fsp3) is 0.500. The molecule has 0 aliphatic heterocycles. The van der Waals surface area contributed by atoms with Gasteiger partial charge in [-0.2, -0.15) is 0 Å². The first kappa shape index (κ1) is 12.1. The summed E-state index contributed by atoms with van der Waals surface area (Å²) in [5.74, 6) is 6.02. The SMILES string of the molecule is CC(C)(O)C#CC1=C(Cl)C23C=CC=CC12CCC3. The smallest absolute Gasteiger partial charge is 0.120 e. The van der Waals surface area contributed by atoms with Crippen molar-refractivity contribution in [1.29, 1.82) is 0 Å². The summed E-state index contributed by atoms with van der Waals surface area (Å²) in [7, 11) is 0. The van der Waals surface area contributed by atoms with Crippen LogP contribution in [-0.2, 0) is 0 Å². The third kappa shape index (κ3) is 1.34. The van der Waals surface area contributed by atoms with Crippen LogP contribution >= 0.6 is 11.6 Å². The quantitative estimate of drug-likeness (QED) is 0.661. The number of aliphatic hydroxyl groups is 1. The van der Waals surface area contributed by atoms with Gasteiger partial charge in [0.1, 0.15) is 5.60 Å². The van der Waals surface area contributed by atoms with Gasteiger partial charge in [-0.25, -0.2) is 0 Å². The van der Waals surface area contributed by atoms with Crippen molar-refractivity contribution in [3.63, 3.8) is 0 Å². The average Bonchev–Trinajstić information content (AvgIpc) is 2.64. The first-order chi connectivity index (χ1) is 8.41. The fourth-order valence-corrected chi connectivity index (χ4v) is 4.09. The summed E-state index contributed by atoms with van der Waals surface area (Å²) < 4.78 is 0. The molecule has 94 valence electrons. The zero-order valence-electron chi connectivity index (χ0n) is 10.8. The molecule has 0 aromatic carbocycles. The van der Waals surface area contributed by atoms with Crippen molar-refractivity contribution in [2.45, 2.75) is 38.7 Å². The molecule has 3 rings (SSSR count). The highest BCUT2D eigenvalue weighted by Crippen LogP contribution is 2.72. The van der Waals surface area contributed by atoms with Crippen LogP contribution < -0.4 is 0 Å². The Morgan fingerprint density at radius 2 is 1.83 bits per heavy atom. The van der Waals surface area contributed by atoms with Crippen LogP contribution in [0.3, 0.4) is 0 Å². The van der Waals surface area contributed by atoms with E-state index in [-0.39, 0.29) is 10.8 Å². The zero-order valence-corrected chi connectivity index (χ0v) is 11.5. The molecule has 0 spiro atoms. The lowest BCUT2D eigenvalue weighted by Gasteiger charge is -2.53. The highest BCUT2D eigenvalue weighted by molar-refractivity contribution is 6.32. The molecule has 0 radical (unpaired) electrons. The van der Waals surface area contributed by atoms with Gasteiger partial charge in [-0.05, 0) is 26.7 Å². The Kier molecular flexibility index (Phi) is 2.37. The van der Waals surface area contributed by atoms with Crippen molar-refractivity contribution < 1.29 is 5.11 Å². The highest BCUT2D eigenvalue weighted by atomic mass is 35.5. The van der Waals surface area contributed by atoms with Crippen LogP contribution in [0.1, 0.15) is 33.1 Å². The molecule has 1 nitrogen and oxygen atoms in total. The largest absolute Gasteiger partial charge is 0.378 e. The number of halogens is 1. The molecule has 2 heteroatoms. The molecule has 1 saturated carbocycles. The summed E-state index contributed by atoms with van der Waals surface area (Å²) in [6.45, 7) is 3.40. The van der Waals surface area contributed by atoms with Gasteiger partial charge < -0.3 is 5.11 Å². The molecule has 0 bridgehead atoms. The van der Waals surface area contributed by atoms with E-state index >= 15 is 0 Å². The molecule has 1 N–H and O–H groups in total. The molecule has 0 aromatic heterocycles. The summed E-state index contributed by atoms with van der Waals surface area (Å²) in [4.78, 5) is 0. The zero-order chi connectivity index (χ0) is 13.0. The van der Waals surface area contributed by atoms with Gasteiger partial charge in [0.05, 0.1) is 0 Å². The second-order valence-corrected chi connectivity index (χ2v) is 6.39. The lowest BCUT2D eigenvalue weighted by atomic mass is 9.51. The minimum Gasteiger partial charge on any atom is -0.378 e. The number of rotatable bonds is 0. The van der Waals surface area contributed by atoms with Gasteiger partial charge in [0, 0.05) is 21.4 Å². The van der Waals surface area contributed by atoms with Crippen molar-refractivity contribution in [3.8, 4) is 11.8 Å². The Morgan fingerprint density at radius 1 is 1.22 bits per heavy atom. The van der Waals surface area contributed by atoms with E-state index in [2.05, 4.69) is 36.1 Å². The summed E-state index contributed by atoms with van der Waals surface area (Å²) in [6, 6.07) is 0. The van der Waals surface area contributed by atoms with Crippen molar-refractivity contribution in [3.05, 3.63) is 34.9 Å². The maximum atomic E-state index is 9.73. The average molecular weight is 261 g/mol. The number of allylic oxidation sites excluding steroid dienone is 6. The fourth-order valence-electron chi connectivity index (χ4n) is 3.54. The predicted octanol–water partition coefficient (Wildman–Crippen LogP) is 3.55. The molecule has 0 aromatic rings. The molecule has 0 amide bonds. The molecular formula is C16H17ClO. The molecule has 0 heterocycles. The topological polar surface area (TPSA) is 20.2 Å².